The molecule has 0 amide bonds. The van der Waals surface area contributed by atoms with Gasteiger partial charge in [0, 0.05) is 10.0 Å². The average molecular weight is 452 g/mol. The molecule has 0 aliphatic rings. The molecular weight excluding hydrogens is 431 g/mol. The normalized spacial score (nSPS) is 11.8. The van der Waals surface area contributed by atoms with Crippen molar-refractivity contribution in [3.05, 3.63) is 57.6 Å². The van der Waals surface area contributed by atoms with E-state index in [0.29, 0.717) is 21.5 Å². The summed E-state index contributed by atoms with van der Waals surface area (Å²) >= 11 is 11.5. The summed E-state index contributed by atoms with van der Waals surface area (Å²) in [7, 11) is 0. The van der Waals surface area contributed by atoms with Crippen molar-refractivity contribution in [1.29, 1.82) is 0 Å². The van der Waals surface area contributed by atoms with E-state index < -0.39 is 24.1 Å². The quantitative estimate of drug-likeness (QED) is 0.623. The Morgan fingerprint density at radius 1 is 0.793 bits per heavy atom. The zero-order chi connectivity index (χ0) is 21.4. The molecule has 0 radical (unpaired) electrons. The summed E-state index contributed by atoms with van der Waals surface area (Å²) in [5, 5.41) is 22.0. The third-order valence-corrected chi connectivity index (χ3v) is 4.02. The van der Waals surface area contributed by atoms with Gasteiger partial charge in [-0.15, -0.1) is 0 Å². The number of benzene rings is 2. The van der Waals surface area contributed by atoms with E-state index in [2.05, 4.69) is 0 Å². The second-order valence-electron chi connectivity index (χ2n) is 5.98. The Labute approximate surface area is 195 Å². The van der Waals surface area contributed by atoms with Crippen LogP contribution in [0, 0.1) is 13.8 Å². The van der Waals surface area contributed by atoms with Crippen LogP contribution < -0.4 is 19.7 Å². The van der Waals surface area contributed by atoms with E-state index in [1.807, 2.05) is 0 Å². The molecule has 152 valence electrons. The molecule has 0 aliphatic heterocycles. The summed E-state index contributed by atoms with van der Waals surface area (Å²) in [4.78, 5) is 20.8. The smallest absolute Gasteiger partial charge is 0.546 e. The second-order valence-corrected chi connectivity index (χ2v) is 6.85. The van der Waals surface area contributed by atoms with Gasteiger partial charge in [0.1, 0.15) is 23.7 Å². The van der Waals surface area contributed by atoms with E-state index in [1.54, 1.807) is 50.2 Å². The molecule has 2 rings (SSSR count). The summed E-state index contributed by atoms with van der Waals surface area (Å²) in [5.74, 6) is -1.46. The van der Waals surface area contributed by atoms with Crippen LogP contribution in [0.4, 0.5) is 0 Å². The summed E-state index contributed by atoms with van der Waals surface area (Å²) in [6.45, 7) is 6.43. The fraction of sp³-hybridized carbons (Fsp3) is 0.300. The molecule has 2 aromatic carbocycles. The maximum absolute atomic E-state index is 10.4. The van der Waals surface area contributed by atoms with Gasteiger partial charge in [-0.25, -0.2) is 0 Å². The van der Waals surface area contributed by atoms with Crippen LogP contribution in [-0.2, 0) is 9.59 Å². The summed E-state index contributed by atoms with van der Waals surface area (Å²) in [6.07, 6.45) is -1.93. The number of carbonyl (C=O) groups excluding carboxylic acids is 2. The molecule has 29 heavy (non-hydrogen) atoms. The molecule has 0 spiro atoms. The van der Waals surface area contributed by atoms with E-state index >= 15 is 0 Å². The first-order valence-electron chi connectivity index (χ1n) is 8.28. The Hall–Kier alpha value is -1.67. The van der Waals surface area contributed by atoms with Gasteiger partial charge in [-0.2, -0.15) is 0 Å². The van der Waals surface area contributed by atoms with Crippen LogP contribution in [0.25, 0.3) is 0 Å². The Morgan fingerprint density at radius 3 is 1.34 bits per heavy atom. The first-order chi connectivity index (χ1) is 13.0. The molecule has 6 nitrogen and oxygen atoms in total. The number of carboxylic acids is 2. The zero-order valence-corrected chi connectivity index (χ0v) is 19.5. The van der Waals surface area contributed by atoms with Gasteiger partial charge in [-0.05, 0) is 75.2 Å². The Bertz CT molecular complexity index is 774. The average Bonchev–Trinajstić information content (AvgIpc) is 2.60. The number of aryl methyl sites for hydroxylation is 2. The van der Waals surface area contributed by atoms with Crippen molar-refractivity contribution in [2.45, 2.75) is 39.9 Å². The number of rotatable bonds is 6. The first kappa shape index (κ1) is 27.3. The molecule has 2 unspecified atom stereocenters. The van der Waals surface area contributed by atoms with Gasteiger partial charge in [0.2, 0.25) is 0 Å². The third-order valence-electron chi connectivity index (χ3n) is 3.55. The molecule has 9 heteroatoms. The topological polar surface area (TPSA) is 98.7 Å². The van der Waals surface area contributed by atoms with Crippen LogP contribution in [0.3, 0.4) is 0 Å². The number of carboxylic acid groups (broad SMARTS) is 2. The minimum absolute atomic E-state index is 0. The van der Waals surface area contributed by atoms with Crippen molar-refractivity contribution in [2.24, 2.45) is 0 Å². The molecular formula is C20H20Cl2MgO6. The van der Waals surface area contributed by atoms with Crippen molar-refractivity contribution in [1.82, 2.24) is 0 Å². The molecule has 0 bridgehead atoms. The van der Waals surface area contributed by atoms with Crippen molar-refractivity contribution in [2.75, 3.05) is 0 Å². The van der Waals surface area contributed by atoms with Gasteiger partial charge in [0.25, 0.3) is 0 Å². The Balaban J connectivity index is 0.000000523. The number of aliphatic carboxylic acids is 2. The molecule has 0 saturated heterocycles. The first-order valence-corrected chi connectivity index (χ1v) is 9.04. The summed E-state index contributed by atoms with van der Waals surface area (Å²) < 4.78 is 10.3. The Kier molecular flexibility index (Phi) is 12.1. The fourth-order valence-corrected chi connectivity index (χ4v) is 2.42. The number of ether oxygens (including phenoxy) is 2. The van der Waals surface area contributed by atoms with Gasteiger partial charge >= 0.3 is 23.1 Å². The number of hydrogen-bond donors (Lipinski definition) is 0. The largest absolute Gasteiger partial charge is 2.00 e. The van der Waals surface area contributed by atoms with E-state index in [-0.39, 0.29) is 23.1 Å². The molecule has 0 saturated carbocycles. The van der Waals surface area contributed by atoms with Crippen molar-refractivity contribution in [3.63, 3.8) is 0 Å². The predicted octanol–water partition coefficient (Wildman–Crippen LogP) is 1.95. The van der Waals surface area contributed by atoms with Crippen LogP contribution in [0.2, 0.25) is 10.0 Å². The molecule has 0 fully saturated rings. The van der Waals surface area contributed by atoms with Crippen LogP contribution >= 0.6 is 23.2 Å². The summed E-state index contributed by atoms with van der Waals surface area (Å²) in [6, 6.07) is 9.98. The van der Waals surface area contributed by atoms with Gasteiger partial charge in [-0.3, -0.25) is 0 Å². The van der Waals surface area contributed by atoms with E-state index in [1.165, 1.54) is 13.8 Å². The molecule has 0 N–H and O–H groups in total. The molecule has 0 aliphatic carbocycles. The van der Waals surface area contributed by atoms with Crippen molar-refractivity contribution < 1.29 is 29.3 Å². The fourth-order valence-electron chi connectivity index (χ4n) is 1.97. The number of carbonyl (C=O) groups is 2. The van der Waals surface area contributed by atoms with E-state index in [4.69, 9.17) is 32.7 Å². The maximum atomic E-state index is 10.4. The maximum Gasteiger partial charge on any atom is 2.00 e. The van der Waals surface area contributed by atoms with Gasteiger partial charge in [0.15, 0.2) is 0 Å². The second kappa shape index (κ2) is 12.8. The van der Waals surface area contributed by atoms with Gasteiger partial charge in [0.05, 0.1) is 11.9 Å². The van der Waals surface area contributed by atoms with Crippen molar-refractivity contribution >= 4 is 58.2 Å². The van der Waals surface area contributed by atoms with Crippen LogP contribution in [0.1, 0.15) is 25.0 Å². The minimum Gasteiger partial charge on any atom is -0.546 e. The van der Waals surface area contributed by atoms with Crippen LogP contribution in [-0.4, -0.2) is 47.2 Å². The molecule has 2 aromatic rings. The molecule has 2 atom stereocenters. The zero-order valence-electron chi connectivity index (χ0n) is 16.5. The standard InChI is InChI=1S/2C10H11ClO3.Mg/c2*1-6-5-8(11)3-4-9(6)14-7(2)10(12)13;/h2*3-5,7H,1-2H3,(H,12,13);/q;;+2/p-2. The predicted molar refractivity (Wildman–Crippen MR) is 108 cm³/mol. The van der Waals surface area contributed by atoms with Crippen LogP contribution in [0.5, 0.6) is 11.5 Å². The van der Waals surface area contributed by atoms with Gasteiger partial charge < -0.3 is 29.3 Å². The number of halogens is 2. The van der Waals surface area contributed by atoms with Crippen molar-refractivity contribution in [3.8, 4) is 11.5 Å². The molecule has 0 aromatic heterocycles. The van der Waals surface area contributed by atoms with Crippen LogP contribution in [0.15, 0.2) is 36.4 Å². The Morgan fingerprint density at radius 2 is 1.10 bits per heavy atom. The van der Waals surface area contributed by atoms with E-state index in [9.17, 15) is 19.8 Å². The third kappa shape index (κ3) is 9.58. The van der Waals surface area contributed by atoms with Gasteiger partial charge in [-0.1, -0.05) is 23.2 Å². The minimum atomic E-state index is -1.24. The van der Waals surface area contributed by atoms with E-state index in [0.717, 1.165) is 11.1 Å². The molecule has 0 heterocycles. The monoisotopic (exact) mass is 450 g/mol. The number of hydrogen-bond acceptors (Lipinski definition) is 6. The summed E-state index contributed by atoms with van der Waals surface area (Å²) in [5.41, 5.74) is 1.59. The SMILES string of the molecule is Cc1cc(Cl)ccc1OC(C)C(=O)[O-].Cc1cc(Cl)ccc1OC(C)C(=O)[O-].[Mg+2].